The molecule has 2 aromatic rings. The average Bonchev–Trinajstić information content (AvgIpc) is 2.78. The van der Waals surface area contributed by atoms with Crippen molar-refractivity contribution in [2.45, 2.75) is 19.4 Å². The van der Waals surface area contributed by atoms with E-state index in [-0.39, 0.29) is 0 Å². The van der Waals surface area contributed by atoms with Crippen LogP contribution in [0.25, 0.3) is 11.4 Å². The molecule has 0 radical (unpaired) electrons. The van der Waals surface area contributed by atoms with Gasteiger partial charge in [-0.1, -0.05) is 18.2 Å². The van der Waals surface area contributed by atoms with Gasteiger partial charge in [0.05, 0.1) is 0 Å². The molecule has 0 aliphatic carbocycles. The molecule has 6 nitrogen and oxygen atoms in total. The second-order valence-electron chi connectivity index (χ2n) is 4.26. The minimum absolute atomic E-state index is 0.451. The first kappa shape index (κ1) is 12.9. The van der Waals surface area contributed by atoms with E-state index in [0.717, 1.165) is 9.13 Å². The van der Waals surface area contributed by atoms with Gasteiger partial charge in [0.2, 0.25) is 0 Å². The first-order valence-corrected chi connectivity index (χ1v) is 6.29. The number of carboxylic acids is 1. The summed E-state index contributed by atoms with van der Waals surface area (Å²) in [7, 11) is 0. The lowest BCUT2D eigenvalue weighted by molar-refractivity contribution is -0.146. The summed E-state index contributed by atoms with van der Waals surface area (Å²) in [5.41, 5.74) is -0.380. The van der Waals surface area contributed by atoms with E-state index in [1.165, 1.54) is 4.68 Å². The van der Waals surface area contributed by atoms with Crippen LogP contribution < -0.4 is 0 Å². The summed E-state index contributed by atoms with van der Waals surface area (Å²) in [6, 6.07) is 7.55. The van der Waals surface area contributed by atoms with E-state index in [4.69, 9.17) is 0 Å². The lowest BCUT2D eigenvalue weighted by atomic mass is 10.1. The average molecular weight is 358 g/mol. The summed E-state index contributed by atoms with van der Waals surface area (Å²) in [6.45, 7) is 3.12. The highest BCUT2D eigenvalue weighted by atomic mass is 127. The van der Waals surface area contributed by atoms with E-state index >= 15 is 0 Å². The van der Waals surface area contributed by atoms with E-state index in [0.29, 0.717) is 5.82 Å². The van der Waals surface area contributed by atoms with E-state index in [1.807, 2.05) is 24.3 Å². The number of rotatable bonds is 3. The molecule has 0 unspecified atom stereocenters. The molecule has 0 aliphatic rings. The van der Waals surface area contributed by atoms with Crippen LogP contribution >= 0.6 is 22.6 Å². The third-order valence-electron chi connectivity index (χ3n) is 2.64. The SMILES string of the molecule is CC(C)(C(=O)O)n1nnnc1-c1ccccc1I. The lowest BCUT2D eigenvalue weighted by Gasteiger charge is -2.20. The van der Waals surface area contributed by atoms with Crippen LogP contribution in [0.2, 0.25) is 0 Å². The maximum atomic E-state index is 11.3. The summed E-state index contributed by atoms with van der Waals surface area (Å²) in [4.78, 5) is 11.3. The second kappa shape index (κ2) is 4.63. The van der Waals surface area contributed by atoms with Gasteiger partial charge in [-0.15, -0.1) is 5.10 Å². The predicted molar refractivity (Wildman–Crippen MR) is 72.9 cm³/mol. The van der Waals surface area contributed by atoms with Crippen LogP contribution in [0, 0.1) is 3.57 Å². The Hall–Kier alpha value is -1.51. The Kier molecular flexibility index (Phi) is 3.33. The Morgan fingerprint density at radius 2 is 2.06 bits per heavy atom. The third-order valence-corrected chi connectivity index (χ3v) is 3.58. The van der Waals surface area contributed by atoms with Crippen molar-refractivity contribution in [3.05, 3.63) is 27.8 Å². The second-order valence-corrected chi connectivity index (χ2v) is 5.42. The lowest BCUT2D eigenvalue weighted by Crippen LogP contribution is -2.37. The maximum Gasteiger partial charge on any atom is 0.331 e. The molecule has 94 valence electrons. The number of carbonyl (C=O) groups is 1. The van der Waals surface area contributed by atoms with Crippen LogP contribution in [0.1, 0.15) is 13.8 Å². The molecule has 7 heteroatoms. The zero-order valence-corrected chi connectivity index (χ0v) is 12.0. The fourth-order valence-electron chi connectivity index (χ4n) is 1.46. The maximum absolute atomic E-state index is 11.3. The molecule has 2 rings (SSSR count). The Morgan fingerprint density at radius 1 is 1.39 bits per heavy atom. The number of halogens is 1. The topological polar surface area (TPSA) is 80.9 Å². The van der Waals surface area contributed by atoms with E-state index in [1.54, 1.807) is 13.8 Å². The molecule has 1 aromatic carbocycles. The van der Waals surface area contributed by atoms with Crippen molar-refractivity contribution in [2.24, 2.45) is 0 Å². The predicted octanol–water partition coefficient (Wildman–Crippen LogP) is 1.76. The first-order chi connectivity index (χ1) is 8.44. The Balaban J connectivity index is 2.60. The number of hydrogen-bond acceptors (Lipinski definition) is 4. The molecule has 0 saturated carbocycles. The van der Waals surface area contributed by atoms with Gasteiger partial charge < -0.3 is 5.11 Å². The highest BCUT2D eigenvalue weighted by Crippen LogP contribution is 2.26. The minimum Gasteiger partial charge on any atom is -0.479 e. The highest BCUT2D eigenvalue weighted by molar-refractivity contribution is 14.1. The molecule has 1 heterocycles. The Labute approximate surface area is 117 Å². The summed E-state index contributed by atoms with van der Waals surface area (Å²) in [6.07, 6.45) is 0. The van der Waals surface area contributed by atoms with Crippen molar-refractivity contribution in [2.75, 3.05) is 0 Å². The Bertz CT molecular complexity index is 594. The van der Waals surface area contributed by atoms with E-state index in [9.17, 15) is 9.90 Å². The highest BCUT2D eigenvalue weighted by Gasteiger charge is 2.34. The quantitative estimate of drug-likeness (QED) is 0.846. The molecule has 0 aliphatic heterocycles. The first-order valence-electron chi connectivity index (χ1n) is 5.21. The molecule has 0 fully saturated rings. The molecular formula is C11H11IN4O2. The molecule has 0 bridgehead atoms. The zero-order valence-electron chi connectivity index (χ0n) is 9.83. The Morgan fingerprint density at radius 3 is 2.67 bits per heavy atom. The van der Waals surface area contributed by atoms with Crippen molar-refractivity contribution in [1.82, 2.24) is 20.2 Å². The summed E-state index contributed by atoms with van der Waals surface area (Å²) in [5.74, 6) is -0.533. The van der Waals surface area contributed by atoms with Crippen LogP contribution in [-0.4, -0.2) is 31.3 Å². The molecular weight excluding hydrogens is 347 g/mol. The molecule has 0 atom stereocenters. The van der Waals surface area contributed by atoms with Crippen molar-refractivity contribution >= 4 is 28.6 Å². The van der Waals surface area contributed by atoms with Crippen LogP contribution in [0.3, 0.4) is 0 Å². The molecule has 18 heavy (non-hydrogen) atoms. The van der Waals surface area contributed by atoms with Gasteiger partial charge in [0, 0.05) is 9.13 Å². The smallest absolute Gasteiger partial charge is 0.331 e. The van der Waals surface area contributed by atoms with Crippen molar-refractivity contribution in [1.29, 1.82) is 0 Å². The number of nitrogens with zero attached hydrogens (tertiary/aromatic N) is 4. The number of tetrazole rings is 1. The summed E-state index contributed by atoms with van der Waals surface area (Å²) >= 11 is 2.17. The monoisotopic (exact) mass is 358 g/mol. The molecule has 0 amide bonds. The van der Waals surface area contributed by atoms with Crippen molar-refractivity contribution in [3.63, 3.8) is 0 Å². The van der Waals surface area contributed by atoms with Crippen LogP contribution in [-0.2, 0) is 10.3 Å². The standard InChI is InChI=1S/C11H11IN4O2/c1-11(2,10(17)18)16-9(13-14-15-16)7-5-3-4-6-8(7)12/h3-6H,1-2H3,(H,17,18). The number of benzene rings is 1. The van der Waals surface area contributed by atoms with E-state index in [2.05, 4.69) is 38.1 Å². The number of carboxylic acid groups (broad SMARTS) is 1. The fraction of sp³-hybridized carbons (Fsp3) is 0.273. The van der Waals surface area contributed by atoms with Crippen LogP contribution in [0.5, 0.6) is 0 Å². The third kappa shape index (κ3) is 2.09. The van der Waals surface area contributed by atoms with Gasteiger partial charge in [0.25, 0.3) is 0 Å². The molecule has 1 N–H and O–H groups in total. The van der Waals surface area contributed by atoms with Crippen LogP contribution in [0.4, 0.5) is 0 Å². The molecule has 0 spiro atoms. The molecule has 1 aromatic heterocycles. The van der Waals surface area contributed by atoms with Gasteiger partial charge in [0.15, 0.2) is 11.4 Å². The number of aliphatic carboxylic acids is 1. The fourth-order valence-corrected chi connectivity index (χ4v) is 2.09. The minimum atomic E-state index is -1.20. The number of aromatic nitrogens is 4. The van der Waals surface area contributed by atoms with E-state index < -0.39 is 11.5 Å². The van der Waals surface area contributed by atoms with Gasteiger partial charge in [-0.3, -0.25) is 0 Å². The van der Waals surface area contributed by atoms with Gasteiger partial charge >= 0.3 is 5.97 Å². The number of hydrogen-bond donors (Lipinski definition) is 1. The zero-order chi connectivity index (χ0) is 13.3. The summed E-state index contributed by atoms with van der Waals surface area (Å²) < 4.78 is 2.29. The van der Waals surface area contributed by atoms with Crippen molar-refractivity contribution < 1.29 is 9.90 Å². The largest absolute Gasteiger partial charge is 0.479 e. The van der Waals surface area contributed by atoms with Crippen molar-refractivity contribution in [3.8, 4) is 11.4 Å². The molecule has 0 saturated heterocycles. The normalized spacial score (nSPS) is 11.5. The van der Waals surface area contributed by atoms with Gasteiger partial charge in [-0.25, -0.2) is 9.48 Å². The summed E-state index contributed by atoms with van der Waals surface area (Å²) in [5, 5.41) is 20.5. The van der Waals surface area contributed by atoms with Gasteiger partial charge in [-0.2, -0.15) is 0 Å². The van der Waals surface area contributed by atoms with Gasteiger partial charge in [-0.05, 0) is 52.9 Å². The van der Waals surface area contributed by atoms with Gasteiger partial charge in [0.1, 0.15) is 0 Å². The van der Waals surface area contributed by atoms with Crippen LogP contribution in [0.15, 0.2) is 24.3 Å².